The molecule has 440 valence electrons. The summed E-state index contributed by atoms with van der Waals surface area (Å²) in [7, 11) is -15.0. The van der Waals surface area contributed by atoms with E-state index in [1.54, 1.807) is 43.3 Å². The fourth-order valence-corrected chi connectivity index (χ4v) is 13.7. The van der Waals surface area contributed by atoms with Gasteiger partial charge >= 0.3 is 17.9 Å². The number of carboxylic acid groups (broad SMARTS) is 3. The average molecular weight is 1210 g/mol. The molecule has 22 heteroatoms. The van der Waals surface area contributed by atoms with E-state index >= 15 is 0 Å². The van der Waals surface area contributed by atoms with Gasteiger partial charge in [0.15, 0.2) is 11.1 Å². The molecule has 4 aliphatic rings. The lowest BCUT2D eigenvalue weighted by molar-refractivity contribution is -0.438. The van der Waals surface area contributed by atoms with Gasteiger partial charge in [-0.3, -0.25) is 9.59 Å². The first-order valence-corrected chi connectivity index (χ1v) is 30.9. The number of carboxylic acids is 3. The van der Waals surface area contributed by atoms with E-state index in [1.165, 1.54) is 42.5 Å². The third-order valence-corrected chi connectivity index (χ3v) is 18.1. The number of hydrogen-bond acceptors (Lipinski definition) is 15. The second kappa shape index (κ2) is 22.7. The zero-order chi connectivity index (χ0) is 61.9. The van der Waals surface area contributed by atoms with Crippen LogP contribution < -0.4 is 10.3 Å². The molecule has 0 radical (unpaired) electrons. The van der Waals surface area contributed by atoms with E-state index < -0.39 is 68.9 Å². The van der Waals surface area contributed by atoms with Crippen molar-refractivity contribution >= 4 is 97.9 Å². The number of anilines is 1. The van der Waals surface area contributed by atoms with Crippen LogP contribution in [0.2, 0.25) is 0 Å². The number of nitrogens with zero attached hydrogens (tertiary/aromatic N) is 2. The van der Waals surface area contributed by atoms with Crippen molar-refractivity contribution in [2.24, 2.45) is 0 Å². The maximum absolute atomic E-state index is 12.4. The molecule has 0 bridgehead atoms. The fourth-order valence-electron chi connectivity index (χ4n) is 11.8. The van der Waals surface area contributed by atoms with E-state index in [0.717, 1.165) is 40.2 Å². The summed E-state index contributed by atoms with van der Waals surface area (Å²) in [5, 5.41) is 30.3. The molecule has 3 aliphatic heterocycles. The summed E-state index contributed by atoms with van der Waals surface area (Å²) in [5.74, 6) is -3.03. The van der Waals surface area contributed by atoms with Gasteiger partial charge in [-0.15, -0.1) is 0 Å². The molecule has 0 saturated heterocycles. The molecule has 0 aromatic heterocycles. The molecule has 0 fully saturated rings. The van der Waals surface area contributed by atoms with Gasteiger partial charge in [-0.25, -0.2) is 34.8 Å². The molecule has 0 amide bonds. The molecule has 85 heavy (non-hydrogen) atoms. The summed E-state index contributed by atoms with van der Waals surface area (Å²) < 4.78 is 118. The predicted molar refractivity (Wildman–Crippen MR) is 316 cm³/mol. The van der Waals surface area contributed by atoms with Crippen molar-refractivity contribution in [3.63, 3.8) is 0 Å². The van der Waals surface area contributed by atoms with Crippen molar-refractivity contribution in [3.8, 4) is 22.5 Å². The molecular formula is C63H56N2O17S3-2. The third kappa shape index (κ3) is 11.7. The molecule has 1 aliphatic carbocycles. The molecule has 10 rings (SSSR count). The Kier molecular flexibility index (Phi) is 16.3. The normalized spacial score (nSPS) is 15.4. The van der Waals surface area contributed by atoms with Crippen LogP contribution in [0.4, 0.5) is 11.4 Å². The standard InChI is InChI=1S/C42H46N2O11S3.C21H12O6/c1-7-43-33-19-17-29-26(2)22-27(56(47,48)49)23-31(29)39(33)41(3,4)36(43)14-10-8-11-15-37-42(5,6)40-32-24-28(57(50,51)52)25-35(58(53,54)55)30(32)18-20-34(40)44(37)21-13-9-12-16-38(45)46;22-12-6-8-15-18(10-12)27-17-4-2-1-3-14(17)19(15)13-7-5-11(20(23)24)9-16(13)21(25)26/h8,10-11,14-15,17-20,22-25H,7,9,12-13,16,21H2,1-6H3,(H3-,45,46,47,48,49,50,51,52,53,54,55);1-10H,(H,23,24)(H,25,26)/p-2. The number of hydrogen-bond donors (Lipinski definition) is 3. The van der Waals surface area contributed by atoms with Gasteiger partial charge in [-0.1, -0.05) is 62.4 Å². The predicted octanol–water partition coefficient (Wildman–Crippen LogP) is 10.8. The second-order valence-electron chi connectivity index (χ2n) is 21.7. The number of likely N-dealkylation sites (N-methyl/N-ethyl adjacent to an activating group) is 1. The van der Waals surface area contributed by atoms with Crippen LogP contribution in [-0.4, -0.2) is 95.5 Å². The number of carbonyl (C=O) groups is 3. The van der Waals surface area contributed by atoms with Gasteiger partial charge < -0.3 is 38.3 Å². The summed E-state index contributed by atoms with van der Waals surface area (Å²) in [6.07, 6.45) is 11.1. The van der Waals surface area contributed by atoms with Crippen LogP contribution in [0.3, 0.4) is 0 Å². The van der Waals surface area contributed by atoms with E-state index in [9.17, 15) is 68.3 Å². The molecule has 0 saturated carbocycles. The highest BCUT2D eigenvalue weighted by Crippen LogP contribution is 2.52. The van der Waals surface area contributed by atoms with Gasteiger partial charge in [0.25, 0.3) is 0 Å². The smallest absolute Gasteiger partial charge is 0.336 e. The van der Waals surface area contributed by atoms with Gasteiger partial charge in [0.05, 0.1) is 31.2 Å². The molecule has 19 nitrogen and oxygen atoms in total. The topological polar surface area (TPSA) is 320 Å². The minimum atomic E-state index is -5.19. The Labute approximate surface area is 489 Å². The third-order valence-electron chi connectivity index (χ3n) is 15.6. The summed E-state index contributed by atoms with van der Waals surface area (Å²) in [6, 6.07) is 27.0. The quantitative estimate of drug-likeness (QED) is 0.0266. The monoisotopic (exact) mass is 1210 g/mol. The van der Waals surface area contributed by atoms with Crippen LogP contribution in [0, 0.1) is 6.92 Å². The van der Waals surface area contributed by atoms with E-state index in [-0.39, 0.29) is 38.6 Å². The van der Waals surface area contributed by atoms with Crippen LogP contribution in [-0.2, 0) is 46.0 Å². The number of aromatic carboxylic acids is 2. The maximum atomic E-state index is 12.4. The molecule has 0 unspecified atom stereocenters. The van der Waals surface area contributed by atoms with Crippen molar-refractivity contribution in [1.82, 2.24) is 0 Å². The molecule has 0 spiro atoms. The Balaban J connectivity index is 0.000000265. The van der Waals surface area contributed by atoms with Crippen molar-refractivity contribution in [2.45, 2.75) is 92.7 Å². The van der Waals surface area contributed by atoms with Gasteiger partial charge in [0.1, 0.15) is 48.2 Å². The molecule has 6 aromatic carbocycles. The summed E-state index contributed by atoms with van der Waals surface area (Å²) in [5.41, 5.74) is 5.33. The number of fused-ring (bicyclic) bond motifs is 8. The highest BCUT2D eigenvalue weighted by atomic mass is 32.2. The van der Waals surface area contributed by atoms with Gasteiger partial charge in [0.2, 0.25) is 5.69 Å². The lowest BCUT2D eigenvalue weighted by Crippen LogP contribution is -2.28. The lowest BCUT2D eigenvalue weighted by atomic mass is 9.79. The average Bonchev–Trinajstić information content (AvgIpc) is 1.72. The molecule has 3 N–H and O–H groups in total. The van der Waals surface area contributed by atoms with Crippen molar-refractivity contribution < 1.29 is 77.6 Å². The van der Waals surface area contributed by atoms with Crippen LogP contribution in [0.15, 0.2) is 169 Å². The zero-order valence-corrected chi connectivity index (χ0v) is 49.1. The fraction of sp³-hybridized carbons (Fsp3) is 0.222. The number of para-hydroxylation sites is 1. The van der Waals surface area contributed by atoms with Crippen LogP contribution in [0.25, 0.3) is 55.0 Å². The molecular weight excluding hydrogens is 1150 g/mol. The number of aliphatic carboxylic acids is 1. The zero-order valence-electron chi connectivity index (χ0n) is 46.7. The summed E-state index contributed by atoms with van der Waals surface area (Å²) in [6.45, 7) is 12.7. The molecule has 0 atom stereocenters. The van der Waals surface area contributed by atoms with E-state index in [0.29, 0.717) is 94.0 Å². The highest BCUT2D eigenvalue weighted by molar-refractivity contribution is 7.86. The Hall–Kier alpha value is -8.64. The van der Waals surface area contributed by atoms with Gasteiger partial charge in [0, 0.05) is 81.9 Å². The summed E-state index contributed by atoms with van der Waals surface area (Å²) >= 11 is 0. The highest BCUT2D eigenvalue weighted by Gasteiger charge is 2.46. The second-order valence-corrected chi connectivity index (χ2v) is 25.8. The van der Waals surface area contributed by atoms with Gasteiger partial charge in [-0.2, -0.15) is 4.58 Å². The van der Waals surface area contributed by atoms with Crippen LogP contribution >= 0.6 is 0 Å². The Morgan fingerprint density at radius 1 is 0.647 bits per heavy atom. The van der Waals surface area contributed by atoms with Crippen LogP contribution in [0.5, 0.6) is 0 Å². The van der Waals surface area contributed by atoms with Crippen molar-refractivity contribution in [2.75, 3.05) is 18.0 Å². The number of unbranched alkanes of at least 4 members (excludes halogenated alkanes) is 2. The van der Waals surface area contributed by atoms with Gasteiger partial charge in [-0.05, 0) is 146 Å². The first-order chi connectivity index (χ1) is 39.9. The first-order valence-electron chi connectivity index (χ1n) is 26.7. The van der Waals surface area contributed by atoms with Crippen molar-refractivity contribution in [3.05, 3.63) is 183 Å². The largest absolute Gasteiger partial charge is 0.744 e. The maximum Gasteiger partial charge on any atom is 0.336 e. The minimum Gasteiger partial charge on any atom is -0.744 e. The van der Waals surface area contributed by atoms with E-state index in [2.05, 4.69) is 4.90 Å². The number of rotatable bonds is 16. The number of allylic oxidation sites excluding steroid dienone is 6. The van der Waals surface area contributed by atoms with E-state index in [4.69, 9.17) is 9.52 Å². The van der Waals surface area contributed by atoms with Crippen molar-refractivity contribution in [1.29, 1.82) is 0 Å². The number of benzene rings is 7. The lowest BCUT2D eigenvalue weighted by Gasteiger charge is -2.26. The Morgan fingerprint density at radius 3 is 1.95 bits per heavy atom. The van der Waals surface area contributed by atoms with E-state index in [1.807, 2.05) is 81.7 Å². The minimum absolute atomic E-state index is 0.0122. The first kappa shape index (κ1) is 60.9. The number of aryl methyl sites for hydroxylation is 1. The SMILES string of the molecule is CCN1C(=CC=CC=CC2=[N+](CCCCCC(=O)O)c3ccc4c(S(=O)(=O)[O-])cc(S(=O)(=O)[O-])cc4c3C2(C)C)C(C)(C)c2c1ccc1c(C)cc(S(=O)(=O)[O-])cc21.O=C(O)c1ccc(-c2c3ccc(=O)cc-3oc3ccccc23)c(C(=O)O)c1. The molecule has 6 aromatic rings. The van der Waals surface area contributed by atoms with Crippen LogP contribution in [0.1, 0.15) is 97.7 Å². The Bertz CT molecular complexity index is 4670. The summed E-state index contributed by atoms with van der Waals surface area (Å²) in [4.78, 5) is 46.2. The Morgan fingerprint density at radius 2 is 1.31 bits per heavy atom. The molecule has 3 heterocycles.